The zero-order valence-corrected chi connectivity index (χ0v) is 27.8. The van der Waals surface area contributed by atoms with Crippen molar-refractivity contribution in [1.82, 2.24) is 24.4 Å². The molecule has 1 atom stereocenters. The van der Waals surface area contributed by atoms with Crippen LogP contribution in [0.5, 0.6) is 0 Å². The van der Waals surface area contributed by atoms with E-state index in [1.807, 2.05) is 18.3 Å². The molecule has 0 spiro atoms. The molecule has 2 N–H and O–H groups in total. The zero-order chi connectivity index (χ0) is 32.6. The lowest BCUT2D eigenvalue weighted by Crippen LogP contribution is -2.50. The summed E-state index contributed by atoms with van der Waals surface area (Å²) in [5.74, 6) is 0.183. The van der Waals surface area contributed by atoms with E-state index in [9.17, 15) is 18.4 Å². The third-order valence-corrected chi connectivity index (χ3v) is 10.0. The Bertz CT molecular complexity index is 1690. The van der Waals surface area contributed by atoms with Crippen molar-refractivity contribution < 1.29 is 17.9 Å². The number of aromatic amines is 1. The molecule has 0 amide bonds. The molecule has 4 aromatic rings. The van der Waals surface area contributed by atoms with Crippen LogP contribution in [0, 0.1) is 11.3 Å². The van der Waals surface area contributed by atoms with Gasteiger partial charge in [-0.2, -0.15) is 18.4 Å². The van der Waals surface area contributed by atoms with Gasteiger partial charge >= 0.3 is 6.18 Å². The molecule has 3 aromatic heterocycles. The number of likely N-dealkylation sites (tertiary alicyclic amines) is 1. The molecular weight excluding hydrogens is 595 g/mol. The van der Waals surface area contributed by atoms with Gasteiger partial charge in [0.1, 0.15) is 24.1 Å². The summed E-state index contributed by atoms with van der Waals surface area (Å²) in [4.78, 5) is 14.0. The van der Waals surface area contributed by atoms with Gasteiger partial charge in [-0.15, -0.1) is 0 Å². The van der Waals surface area contributed by atoms with E-state index in [1.165, 1.54) is 0 Å². The Morgan fingerprint density at radius 1 is 1.16 bits per heavy atom. The summed E-state index contributed by atoms with van der Waals surface area (Å²) in [6.45, 7) is 16.0. The van der Waals surface area contributed by atoms with E-state index in [-0.39, 0.29) is 30.0 Å². The second-order valence-corrected chi connectivity index (χ2v) is 19.7. The van der Waals surface area contributed by atoms with Crippen LogP contribution in [0.3, 0.4) is 0 Å². The summed E-state index contributed by atoms with van der Waals surface area (Å²) in [7, 11) is -1.23. The summed E-state index contributed by atoms with van der Waals surface area (Å²) >= 11 is 0. The number of anilines is 1. The maximum atomic E-state index is 14.2. The van der Waals surface area contributed by atoms with E-state index < -0.39 is 19.8 Å². The molecule has 4 heterocycles. The molecule has 1 fully saturated rings. The minimum absolute atomic E-state index is 0.00464. The number of aromatic nitrogens is 4. The van der Waals surface area contributed by atoms with Crippen molar-refractivity contribution in [3.63, 3.8) is 0 Å². The Balaban J connectivity index is 1.42. The van der Waals surface area contributed by atoms with Crippen molar-refractivity contribution in [3.05, 3.63) is 54.1 Å². The number of H-pyrrole nitrogens is 1. The normalized spacial score (nSPS) is 16.7. The summed E-state index contributed by atoms with van der Waals surface area (Å²) < 4.78 is 50.2. The smallest absolute Gasteiger partial charge is 0.361 e. The topological polar surface area (TPSA) is 94.8 Å². The van der Waals surface area contributed by atoms with E-state index in [0.29, 0.717) is 28.8 Å². The molecule has 1 aromatic carbocycles. The minimum atomic E-state index is -4.63. The van der Waals surface area contributed by atoms with Crippen molar-refractivity contribution >= 4 is 24.9 Å². The SMILES string of the molecule is CC(C)(C)N1CCC[C@H](Nc2ncc(C(F)(F)F)c(-c3c[nH]c4cc(-c5cc(C#N)n(COCC[Si](C)(C)C)c5)ccc34)n2)C1. The van der Waals surface area contributed by atoms with E-state index in [1.54, 1.807) is 22.9 Å². The fourth-order valence-electron chi connectivity index (χ4n) is 5.66. The largest absolute Gasteiger partial charge is 0.419 e. The van der Waals surface area contributed by atoms with Crippen LogP contribution in [0.4, 0.5) is 19.1 Å². The average molecular weight is 638 g/mol. The van der Waals surface area contributed by atoms with Gasteiger partial charge in [0.25, 0.3) is 0 Å². The fourth-order valence-corrected chi connectivity index (χ4v) is 6.42. The van der Waals surface area contributed by atoms with Gasteiger partial charge in [-0.1, -0.05) is 31.8 Å². The maximum absolute atomic E-state index is 14.2. The molecule has 1 aliphatic heterocycles. The molecule has 0 unspecified atom stereocenters. The van der Waals surface area contributed by atoms with Gasteiger partial charge in [-0.05, 0) is 63.9 Å². The number of alkyl halides is 3. The average Bonchev–Trinajstić information content (AvgIpc) is 3.57. The molecule has 240 valence electrons. The molecule has 5 rings (SSSR count). The van der Waals surface area contributed by atoms with Crippen molar-refractivity contribution in [2.45, 2.75) is 83.8 Å². The molecule has 12 heteroatoms. The molecule has 8 nitrogen and oxygen atoms in total. The Morgan fingerprint density at radius 3 is 2.62 bits per heavy atom. The Hall–Kier alpha value is -3.66. The first-order valence-electron chi connectivity index (χ1n) is 15.4. The number of piperidine rings is 1. The van der Waals surface area contributed by atoms with E-state index in [0.717, 1.165) is 49.3 Å². The highest BCUT2D eigenvalue weighted by Crippen LogP contribution is 2.39. The van der Waals surface area contributed by atoms with Crippen molar-refractivity contribution in [2.75, 3.05) is 25.0 Å². The molecule has 0 radical (unpaired) electrons. The van der Waals surface area contributed by atoms with E-state index in [4.69, 9.17) is 4.74 Å². The monoisotopic (exact) mass is 637 g/mol. The predicted molar refractivity (Wildman–Crippen MR) is 175 cm³/mol. The van der Waals surface area contributed by atoms with Crippen LogP contribution in [-0.4, -0.2) is 63.8 Å². The number of halogens is 3. The summed E-state index contributed by atoms with van der Waals surface area (Å²) in [6.07, 6.45) is 1.56. The first-order chi connectivity index (χ1) is 21.1. The second kappa shape index (κ2) is 12.6. The third kappa shape index (κ3) is 7.77. The number of rotatable bonds is 9. The van der Waals surface area contributed by atoms with Crippen LogP contribution in [0.25, 0.3) is 33.3 Å². The number of hydrogen-bond donors (Lipinski definition) is 2. The Morgan fingerprint density at radius 2 is 1.93 bits per heavy atom. The predicted octanol–water partition coefficient (Wildman–Crippen LogP) is 7.97. The molecule has 45 heavy (non-hydrogen) atoms. The molecule has 0 aliphatic carbocycles. The van der Waals surface area contributed by atoms with Crippen molar-refractivity contribution in [3.8, 4) is 28.5 Å². The first-order valence-corrected chi connectivity index (χ1v) is 19.1. The number of benzene rings is 1. The third-order valence-electron chi connectivity index (χ3n) is 8.31. The van der Waals surface area contributed by atoms with E-state index in [2.05, 4.69) is 71.7 Å². The van der Waals surface area contributed by atoms with Crippen LogP contribution < -0.4 is 5.32 Å². The number of nitriles is 1. The molecule has 1 aliphatic rings. The van der Waals surface area contributed by atoms with Crippen molar-refractivity contribution in [2.24, 2.45) is 0 Å². The molecule has 0 saturated carbocycles. The van der Waals surface area contributed by atoms with E-state index >= 15 is 0 Å². The molecule has 0 bridgehead atoms. The maximum Gasteiger partial charge on any atom is 0.419 e. The van der Waals surface area contributed by atoms with Gasteiger partial charge < -0.3 is 19.6 Å². The van der Waals surface area contributed by atoms with Gasteiger partial charge in [-0.3, -0.25) is 4.90 Å². The minimum Gasteiger partial charge on any atom is -0.361 e. The molecule has 1 saturated heterocycles. The Kier molecular flexibility index (Phi) is 9.17. The highest BCUT2D eigenvalue weighted by atomic mass is 28.3. The number of nitrogens with zero attached hydrogens (tertiary/aromatic N) is 5. The fraction of sp³-hybridized carbons (Fsp3) is 0.485. The van der Waals surface area contributed by atoms with Crippen molar-refractivity contribution in [1.29, 1.82) is 5.26 Å². The summed E-state index contributed by atoms with van der Waals surface area (Å²) in [5, 5.41) is 13.6. The number of hydrogen-bond acceptors (Lipinski definition) is 6. The van der Waals surface area contributed by atoms with Gasteiger partial charge in [0.2, 0.25) is 5.95 Å². The highest BCUT2D eigenvalue weighted by molar-refractivity contribution is 6.76. The first kappa shape index (κ1) is 32.7. The Labute approximate surface area is 263 Å². The van der Waals surface area contributed by atoms with Crippen LogP contribution in [0.15, 0.2) is 42.9 Å². The van der Waals surface area contributed by atoms with Crippen LogP contribution in [0.2, 0.25) is 25.7 Å². The lowest BCUT2D eigenvalue weighted by atomic mass is 9.98. The van der Waals surface area contributed by atoms with Crippen LogP contribution in [-0.2, 0) is 17.6 Å². The summed E-state index contributed by atoms with van der Waals surface area (Å²) in [5.41, 5.74) is 2.07. The van der Waals surface area contributed by atoms with Crippen LogP contribution >= 0.6 is 0 Å². The van der Waals surface area contributed by atoms with Gasteiger partial charge in [0.15, 0.2) is 0 Å². The molecular formula is C33H42F3N7OSi. The van der Waals surface area contributed by atoms with Gasteiger partial charge in [0.05, 0.1) is 5.69 Å². The van der Waals surface area contributed by atoms with Crippen LogP contribution in [0.1, 0.15) is 44.9 Å². The zero-order valence-electron chi connectivity index (χ0n) is 26.8. The van der Waals surface area contributed by atoms with Gasteiger partial charge in [-0.25, -0.2) is 9.97 Å². The highest BCUT2D eigenvalue weighted by Gasteiger charge is 2.36. The lowest BCUT2D eigenvalue weighted by Gasteiger charge is -2.41. The van der Waals surface area contributed by atoms with Gasteiger partial charge in [0, 0.05) is 73.4 Å². The summed E-state index contributed by atoms with van der Waals surface area (Å²) in [6, 6.07) is 10.6. The second-order valence-electron chi connectivity index (χ2n) is 14.1. The number of fused-ring (bicyclic) bond motifs is 1. The standard InChI is InChI=1S/C33H42F3N7OSi/c1-32(2,3)43-11-7-8-24(20-43)40-31-39-18-28(33(34,35)36)30(41-31)27-17-38-29-15-22(9-10-26(27)29)23-14-25(16-37)42(19-23)21-44-12-13-45(4,5)6/h9-10,14-15,17-19,24,38H,7-8,11-13,20-21H2,1-6H3,(H,39,40,41)/t24-/m0/s1. The quantitative estimate of drug-likeness (QED) is 0.143. The number of nitrogens with one attached hydrogen (secondary N) is 2. The lowest BCUT2D eigenvalue weighted by molar-refractivity contribution is -0.137. The number of ether oxygens (including phenoxy) is 1.